The molecule has 0 bridgehead atoms. The summed E-state index contributed by atoms with van der Waals surface area (Å²) in [6.07, 6.45) is 1.36. The number of ether oxygens (including phenoxy) is 1. The number of fused-ring (bicyclic) bond motifs is 1. The van der Waals surface area contributed by atoms with Crippen LogP contribution in [-0.4, -0.2) is 30.9 Å². The quantitative estimate of drug-likeness (QED) is 0.411. The van der Waals surface area contributed by atoms with Crippen molar-refractivity contribution in [3.63, 3.8) is 0 Å². The molecule has 0 saturated carbocycles. The second-order valence-corrected chi connectivity index (χ2v) is 6.63. The minimum absolute atomic E-state index is 0.0485. The van der Waals surface area contributed by atoms with E-state index in [1.54, 1.807) is 12.1 Å². The van der Waals surface area contributed by atoms with Crippen LogP contribution >= 0.6 is 15.9 Å². The van der Waals surface area contributed by atoms with Crippen molar-refractivity contribution in [3.8, 4) is 11.5 Å². The van der Waals surface area contributed by atoms with Gasteiger partial charge in [0, 0.05) is 21.1 Å². The van der Waals surface area contributed by atoms with Crippen molar-refractivity contribution >= 4 is 44.5 Å². The Hall–Kier alpha value is -3.06. The Morgan fingerprint density at radius 2 is 2.00 bits per heavy atom. The first-order valence-corrected chi connectivity index (χ1v) is 8.98. The highest BCUT2D eigenvalue weighted by atomic mass is 79.9. The minimum Gasteiger partial charge on any atom is -0.504 e. The summed E-state index contributed by atoms with van der Waals surface area (Å²) in [7, 11) is 1.46. The summed E-state index contributed by atoms with van der Waals surface area (Å²) in [4.78, 5) is 12.0. The second-order valence-electron chi connectivity index (χ2n) is 5.72. The normalized spacial score (nSPS) is 10.9. The lowest BCUT2D eigenvalue weighted by Gasteiger charge is -2.09. The fourth-order valence-electron chi connectivity index (χ4n) is 2.62. The molecule has 0 radical (unpaired) electrons. The molecule has 138 valence electrons. The summed E-state index contributed by atoms with van der Waals surface area (Å²) in [5.41, 5.74) is 3.73. The number of aromatic hydroxyl groups is 1. The van der Waals surface area contributed by atoms with Gasteiger partial charge in [0.05, 0.1) is 19.9 Å². The Morgan fingerprint density at radius 3 is 2.81 bits per heavy atom. The molecular weight excluding hydrogens is 410 g/mol. The average Bonchev–Trinajstić information content (AvgIpc) is 2.68. The van der Waals surface area contributed by atoms with E-state index < -0.39 is 0 Å². The molecule has 0 atom stereocenters. The van der Waals surface area contributed by atoms with Crippen molar-refractivity contribution in [2.45, 2.75) is 0 Å². The van der Waals surface area contributed by atoms with Crippen molar-refractivity contribution in [2.24, 2.45) is 5.10 Å². The van der Waals surface area contributed by atoms with E-state index in [2.05, 4.69) is 31.8 Å². The molecule has 3 N–H and O–H groups in total. The van der Waals surface area contributed by atoms with Crippen molar-refractivity contribution in [2.75, 3.05) is 19.0 Å². The molecule has 1 amide bonds. The molecule has 7 heteroatoms. The topological polar surface area (TPSA) is 83.0 Å². The minimum atomic E-state index is -0.305. The zero-order chi connectivity index (χ0) is 19.2. The Morgan fingerprint density at radius 1 is 1.22 bits per heavy atom. The van der Waals surface area contributed by atoms with Crippen molar-refractivity contribution in [3.05, 3.63) is 64.6 Å². The number of hydrazone groups is 1. The number of benzene rings is 3. The highest BCUT2D eigenvalue weighted by molar-refractivity contribution is 9.10. The lowest BCUT2D eigenvalue weighted by molar-refractivity contribution is -0.119. The molecule has 3 aromatic rings. The number of nitrogens with one attached hydrogen (secondary N) is 2. The summed E-state index contributed by atoms with van der Waals surface area (Å²) in [5.74, 6) is -0.0389. The van der Waals surface area contributed by atoms with Crippen molar-refractivity contribution in [1.29, 1.82) is 0 Å². The molecule has 0 unspecified atom stereocenters. The van der Waals surface area contributed by atoms with Gasteiger partial charge >= 0.3 is 0 Å². The number of amides is 1. The van der Waals surface area contributed by atoms with E-state index in [0.29, 0.717) is 11.3 Å². The maximum atomic E-state index is 12.0. The summed E-state index contributed by atoms with van der Waals surface area (Å²) >= 11 is 3.33. The Bertz CT molecular complexity index is 1000. The molecule has 0 heterocycles. The number of anilines is 1. The Balaban J connectivity index is 1.62. The number of carbonyl (C=O) groups excluding carboxylic acids is 1. The fourth-order valence-corrected chi connectivity index (χ4v) is 3.07. The van der Waals surface area contributed by atoms with Gasteiger partial charge in [0.2, 0.25) is 0 Å². The van der Waals surface area contributed by atoms with Gasteiger partial charge in [-0.3, -0.25) is 4.79 Å². The third kappa shape index (κ3) is 4.57. The predicted molar refractivity (Wildman–Crippen MR) is 111 cm³/mol. The molecule has 0 aromatic heterocycles. The number of nitrogens with zero attached hydrogens (tertiary/aromatic N) is 1. The number of phenolic OH excluding ortho intramolecular Hbond substituents is 1. The van der Waals surface area contributed by atoms with E-state index in [1.165, 1.54) is 13.3 Å². The zero-order valence-electron chi connectivity index (χ0n) is 14.6. The lowest BCUT2D eigenvalue weighted by atomic mass is 10.1. The van der Waals surface area contributed by atoms with E-state index in [0.717, 1.165) is 20.9 Å². The van der Waals surface area contributed by atoms with Crippen LogP contribution in [0.2, 0.25) is 0 Å². The van der Waals surface area contributed by atoms with Crippen LogP contribution in [0, 0.1) is 0 Å². The number of methoxy groups -OCH3 is 1. The molecule has 0 saturated heterocycles. The molecule has 0 aliphatic rings. The monoisotopic (exact) mass is 427 g/mol. The molecular formula is C20H18BrN3O3. The highest BCUT2D eigenvalue weighted by Crippen LogP contribution is 2.32. The number of halogens is 1. The molecule has 0 aliphatic carbocycles. The molecule has 3 aromatic carbocycles. The molecule has 0 aliphatic heterocycles. The maximum Gasteiger partial charge on any atom is 0.259 e. The van der Waals surface area contributed by atoms with Crippen LogP contribution in [0.15, 0.2) is 64.2 Å². The third-order valence-corrected chi connectivity index (χ3v) is 4.37. The summed E-state index contributed by atoms with van der Waals surface area (Å²) < 4.78 is 5.80. The van der Waals surface area contributed by atoms with E-state index in [1.807, 2.05) is 42.5 Å². The van der Waals surface area contributed by atoms with E-state index in [4.69, 9.17) is 4.74 Å². The first-order valence-electron chi connectivity index (χ1n) is 8.18. The van der Waals surface area contributed by atoms with Gasteiger partial charge in [0.15, 0.2) is 11.5 Å². The number of rotatable bonds is 6. The summed E-state index contributed by atoms with van der Waals surface area (Å²) in [5, 5.41) is 19.2. The van der Waals surface area contributed by atoms with Gasteiger partial charge in [-0.25, -0.2) is 5.43 Å². The van der Waals surface area contributed by atoms with Crippen LogP contribution in [0.3, 0.4) is 0 Å². The van der Waals surface area contributed by atoms with Crippen LogP contribution in [0.25, 0.3) is 10.8 Å². The predicted octanol–water partition coefficient (Wildman–Crippen LogP) is 3.88. The largest absolute Gasteiger partial charge is 0.504 e. The van der Waals surface area contributed by atoms with Gasteiger partial charge in [-0.05, 0) is 23.6 Å². The first kappa shape index (κ1) is 18.7. The van der Waals surface area contributed by atoms with Gasteiger partial charge < -0.3 is 15.2 Å². The summed E-state index contributed by atoms with van der Waals surface area (Å²) in [6.45, 7) is 0.0686. The molecule has 6 nitrogen and oxygen atoms in total. The molecule has 27 heavy (non-hydrogen) atoms. The van der Waals surface area contributed by atoms with Gasteiger partial charge in [-0.15, -0.1) is 0 Å². The van der Waals surface area contributed by atoms with Crippen LogP contribution in [0.1, 0.15) is 5.56 Å². The van der Waals surface area contributed by atoms with Gasteiger partial charge in [0.1, 0.15) is 0 Å². The highest BCUT2D eigenvalue weighted by Gasteiger charge is 2.08. The molecule has 3 rings (SSSR count). The number of hydrogen-bond donors (Lipinski definition) is 3. The second kappa shape index (κ2) is 8.55. The third-order valence-electron chi connectivity index (χ3n) is 3.91. The Labute approximate surface area is 165 Å². The number of hydrogen-bond acceptors (Lipinski definition) is 5. The molecule has 0 fully saturated rings. The van der Waals surface area contributed by atoms with Gasteiger partial charge in [0.25, 0.3) is 5.91 Å². The maximum absolute atomic E-state index is 12.0. The van der Waals surface area contributed by atoms with Crippen LogP contribution in [0.4, 0.5) is 5.69 Å². The average molecular weight is 428 g/mol. The van der Waals surface area contributed by atoms with Crippen LogP contribution in [-0.2, 0) is 4.79 Å². The lowest BCUT2D eigenvalue weighted by Crippen LogP contribution is -2.25. The standard InChI is InChI=1S/C20H18BrN3O3/c1-27-18-10-15(21)9-14(20(18)26)11-23-24-19(25)12-22-17-8-4-6-13-5-2-3-7-16(13)17/h2-11,22,26H,12H2,1H3,(H,24,25). The zero-order valence-corrected chi connectivity index (χ0v) is 16.2. The number of carbonyl (C=O) groups is 1. The SMILES string of the molecule is COc1cc(Br)cc(C=NNC(=O)CNc2cccc3ccccc23)c1O. The fraction of sp³-hybridized carbons (Fsp3) is 0.100. The first-order chi connectivity index (χ1) is 13.1. The van der Waals surface area contributed by atoms with Gasteiger partial charge in [-0.2, -0.15) is 5.10 Å². The van der Waals surface area contributed by atoms with Crippen molar-refractivity contribution in [1.82, 2.24) is 5.43 Å². The molecule has 0 spiro atoms. The summed E-state index contributed by atoms with van der Waals surface area (Å²) in [6, 6.07) is 17.1. The number of phenols is 1. The van der Waals surface area contributed by atoms with Gasteiger partial charge in [-0.1, -0.05) is 52.3 Å². The smallest absolute Gasteiger partial charge is 0.259 e. The van der Waals surface area contributed by atoms with E-state index in [-0.39, 0.29) is 18.2 Å². The van der Waals surface area contributed by atoms with Crippen LogP contribution in [0.5, 0.6) is 11.5 Å². The van der Waals surface area contributed by atoms with Crippen LogP contribution < -0.4 is 15.5 Å². The Kier molecular flexibility index (Phi) is 5.93. The van der Waals surface area contributed by atoms with E-state index >= 15 is 0 Å². The van der Waals surface area contributed by atoms with Crippen molar-refractivity contribution < 1.29 is 14.6 Å². The van der Waals surface area contributed by atoms with E-state index in [9.17, 15) is 9.90 Å².